The first-order valence-electron chi connectivity index (χ1n) is 16.1. The fraction of sp³-hybridized carbons (Fsp3) is 0.429. The van der Waals surface area contributed by atoms with Crippen molar-refractivity contribution in [3.8, 4) is 5.75 Å². The van der Waals surface area contributed by atoms with Gasteiger partial charge >= 0.3 is 6.03 Å². The summed E-state index contributed by atoms with van der Waals surface area (Å²) in [6, 6.07) is 17.1. The molecule has 4 rings (SSSR count). The molecule has 3 amide bonds. The number of halogens is 1. The third-order valence-electron chi connectivity index (χ3n) is 8.25. The van der Waals surface area contributed by atoms with E-state index in [9.17, 15) is 27.5 Å². The number of hydrogen-bond acceptors (Lipinski definition) is 7. The first-order valence-corrected chi connectivity index (χ1v) is 17.6. The van der Waals surface area contributed by atoms with Crippen LogP contribution in [0, 0.1) is 11.7 Å². The highest BCUT2D eigenvalue weighted by molar-refractivity contribution is 7.92. The lowest BCUT2D eigenvalue weighted by atomic mass is 10.0. The molecular formula is C35H45FN4O7S. The van der Waals surface area contributed by atoms with Crippen LogP contribution in [0.2, 0.25) is 0 Å². The predicted molar refractivity (Wildman–Crippen MR) is 182 cm³/mol. The van der Waals surface area contributed by atoms with Crippen LogP contribution in [-0.4, -0.2) is 86.9 Å². The number of urea groups is 1. The molecule has 3 aromatic carbocycles. The van der Waals surface area contributed by atoms with Gasteiger partial charge in [-0.3, -0.25) is 9.52 Å². The second-order valence-corrected chi connectivity index (χ2v) is 13.9. The van der Waals surface area contributed by atoms with Crippen molar-refractivity contribution < 1.29 is 37.0 Å². The number of sulfonamides is 1. The molecule has 0 fully saturated rings. The highest BCUT2D eigenvalue weighted by atomic mass is 32.2. The Balaban J connectivity index is 1.63. The average molecular weight is 685 g/mol. The van der Waals surface area contributed by atoms with Gasteiger partial charge in [-0.05, 0) is 87.7 Å². The van der Waals surface area contributed by atoms with E-state index in [1.165, 1.54) is 17.0 Å². The Labute approximate surface area is 282 Å². The number of fused-ring (bicyclic) bond motifs is 1. The lowest BCUT2D eigenvalue weighted by Gasteiger charge is -2.35. The van der Waals surface area contributed by atoms with E-state index in [2.05, 4.69) is 10.0 Å². The van der Waals surface area contributed by atoms with E-state index < -0.39 is 33.9 Å². The van der Waals surface area contributed by atoms with E-state index in [1.54, 1.807) is 37.1 Å². The van der Waals surface area contributed by atoms with E-state index in [0.717, 1.165) is 37.1 Å². The maximum Gasteiger partial charge on any atom is 0.321 e. The summed E-state index contributed by atoms with van der Waals surface area (Å²) in [4.78, 5) is 30.3. The molecule has 48 heavy (non-hydrogen) atoms. The van der Waals surface area contributed by atoms with Crippen LogP contribution in [0.4, 0.5) is 20.6 Å². The smallest absolute Gasteiger partial charge is 0.321 e. The highest BCUT2D eigenvalue weighted by Gasteiger charge is 2.31. The van der Waals surface area contributed by atoms with Crippen LogP contribution in [0.15, 0.2) is 77.7 Å². The summed E-state index contributed by atoms with van der Waals surface area (Å²) in [6.45, 7) is 6.08. The van der Waals surface area contributed by atoms with E-state index in [4.69, 9.17) is 9.47 Å². The molecule has 0 spiro atoms. The van der Waals surface area contributed by atoms with Crippen LogP contribution in [0.25, 0.3) is 0 Å². The Kier molecular flexibility index (Phi) is 12.8. The van der Waals surface area contributed by atoms with Crippen molar-refractivity contribution in [2.45, 2.75) is 63.2 Å². The quantitative estimate of drug-likeness (QED) is 0.282. The third-order valence-corrected chi connectivity index (χ3v) is 9.65. The largest absolute Gasteiger partial charge is 0.490 e. The van der Waals surface area contributed by atoms with Gasteiger partial charge in [0.2, 0.25) is 0 Å². The zero-order chi connectivity index (χ0) is 34.8. The SMILES string of the molecule is C[C@@H]1CN([C@@H](C)CO)C(=O)c2cc(NS(=O)(=O)c3ccc(F)cc3)ccc2O[C@@H](C)CCCCO[C@H]1CN(C)C(=O)Nc1ccccc1. The zero-order valence-electron chi connectivity index (χ0n) is 27.8. The second-order valence-electron chi connectivity index (χ2n) is 12.2. The van der Waals surface area contributed by atoms with Crippen LogP contribution in [0.1, 0.15) is 50.4 Å². The van der Waals surface area contributed by atoms with E-state index in [-0.39, 0.29) is 59.6 Å². The molecule has 1 aliphatic heterocycles. The number of nitrogens with zero attached hydrogens (tertiary/aromatic N) is 2. The van der Waals surface area contributed by atoms with Crippen molar-refractivity contribution >= 4 is 33.3 Å². The van der Waals surface area contributed by atoms with Crippen molar-refractivity contribution in [2.24, 2.45) is 5.92 Å². The first-order chi connectivity index (χ1) is 22.9. The molecule has 0 saturated carbocycles. The number of hydrogen-bond donors (Lipinski definition) is 3. The Bertz CT molecular complexity index is 1630. The van der Waals surface area contributed by atoms with Crippen LogP contribution in [0.3, 0.4) is 0 Å². The minimum Gasteiger partial charge on any atom is -0.490 e. The van der Waals surface area contributed by atoms with Crippen molar-refractivity contribution in [1.82, 2.24) is 9.80 Å². The van der Waals surface area contributed by atoms with E-state index >= 15 is 0 Å². The molecule has 0 radical (unpaired) electrons. The van der Waals surface area contributed by atoms with Crippen molar-refractivity contribution in [2.75, 3.05) is 43.4 Å². The van der Waals surface area contributed by atoms with Gasteiger partial charge in [-0.15, -0.1) is 0 Å². The number of carbonyl (C=O) groups excluding carboxylic acids is 2. The lowest BCUT2D eigenvalue weighted by Crippen LogP contribution is -2.48. The van der Waals surface area contributed by atoms with Gasteiger partial charge in [-0.2, -0.15) is 0 Å². The summed E-state index contributed by atoms with van der Waals surface area (Å²) in [7, 11) is -2.42. The molecule has 3 N–H and O–H groups in total. The normalized spacial score (nSPS) is 20.1. The molecule has 11 nitrogen and oxygen atoms in total. The van der Waals surface area contributed by atoms with E-state index in [1.807, 2.05) is 32.0 Å². The summed E-state index contributed by atoms with van der Waals surface area (Å²) in [6.07, 6.45) is 1.50. The summed E-state index contributed by atoms with van der Waals surface area (Å²) in [5.41, 5.74) is 0.889. The first kappa shape index (κ1) is 36.6. The van der Waals surface area contributed by atoms with Gasteiger partial charge in [0.05, 0.1) is 35.3 Å². The topological polar surface area (TPSA) is 138 Å². The molecule has 260 valence electrons. The summed E-state index contributed by atoms with van der Waals surface area (Å²) < 4.78 is 54.6. The van der Waals surface area contributed by atoms with Crippen molar-refractivity contribution in [3.63, 3.8) is 0 Å². The number of anilines is 2. The number of aliphatic hydroxyl groups excluding tert-OH is 1. The Morgan fingerprint density at radius 2 is 1.77 bits per heavy atom. The minimum atomic E-state index is -4.10. The summed E-state index contributed by atoms with van der Waals surface area (Å²) in [5, 5.41) is 13.1. The molecule has 13 heteroatoms. The molecule has 1 heterocycles. The maximum absolute atomic E-state index is 14.3. The average Bonchev–Trinajstić information content (AvgIpc) is 3.06. The van der Waals surface area contributed by atoms with Gasteiger partial charge in [-0.1, -0.05) is 25.1 Å². The molecule has 4 atom stereocenters. The van der Waals surface area contributed by atoms with Crippen LogP contribution < -0.4 is 14.8 Å². The van der Waals surface area contributed by atoms with Gasteiger partial charge in [0.1, 0.15) is 11.6 Å². The Morgan fingerprint density at radius 3 is 2.46 bits per heavy atom. The van der Waals surface area contributed by atoms with Gasteiger partial charge < -0.3 is 29.7 Å². The Morgan fingerprint density at radius 1 is 1.06 bits per heavy atom. The standard InChI is InChI=1S/C35H45FN4O7S/c1-24-21-40(25(2)23-41)34(42)31-20-29(38-48(44,45)30-16-13-27(36)14-17-30)15-18-32(31)47-26(3)10-8-9-19-46-33(24)22-39(4)35(43)37-28-11-6-5-7-12-28/h5-7,11-18,20,24-26,33,38,41H,8-10,19,21-23H2,1-4H3,(H,37,43)/t24-,25+,26+,33+/m1/s1. The molecule has 0 aromatic heterocycles. The number of rotatable bonds is 8. The van der Waals surface area contributed by atoms with Gasteiger partial charge in [0, 0.05) is 44.0 Å². The number of aliphatic hydroxyl groups is 1. The molecule has 0 bridgehead atoms. The number of ether oxygens (including phenoxy) is 2. The fourth-order valence-corrected chi connectivity index (χ4v) is 6.42. The monoisotopic (exact) mass is 684 g/mol. The van der Waals surface area contributed by atoms with Crippen LogP contribution in [-0.2, 0) is 14.8 Å². The van der Waals surface area contributed by atoms with Gasteiger partial charge in [0.25, 0.3) is 15.9 Å². The van der Waals surface area contributed by atoms with Crippen LogP contribution in [0.5, 0.6) is 5.75 Å². The third kappa shape index (κ3) is 9.91. The predicted octanol–water partition coefficient (Wildman–Crippen LogP) is 5.59. The summed E-state index contributed by atoms with van der Waals surface area (Å²) >= 11 is 0. The Hall–Kier alpha value is -4.20. The number of amides is 3. The number of carbonyl (C=O) groups is 2. The zero-order valence-corrected chi connectivity index (χ0v) is 28.6. The molecule has 0 saturated heterocycles. The number of nitrogens with one attached hydrogen (secondary N) is 2. The highest BCUT2D eigenvalue weighted by Crippen LogP contribution is 2.29. The van der Waals surface area contributed by atoms with Crippen molar-refractivity contribution in [1.29, 1.82) is 0 Å². The minimum absolute atomic E-state index is 0.112. The molecule has 0 unspecified atom stereocenters. The summed E-state index contributed by atoms with van der Waals surface area (Å²) in [5.74, 6) is -1.04. The number of likely N-dealkylation sites (N-methyl/N-ethyl adjacent to an activating group) is 1. The van der Waals surface area contributed by atoms with Gasteiger partial charge in [0.15, 0.2) is 0 Å². The molecular weight excluding hydrogens is 639 g/mol. The second kappa shape index (κ2) is 16.8. The van der Waals surface area contributed by atoms with Crippen molar-refractivity contribution in [3.05, 3.63) is 84.2 Å². The molecule has 0 aliphatic carbocycles. The maximum atomic E-state index is 14.3. The number of para-hydroxylation sites is 1. The van der Waals surface area contributed by atoms with Gasteiger partial charge in [-0.25, -0.2) is 17.6 Å². The fourth-order valence-electron chi connectivity index (χ4n) is 5.37. The lowest BCUT2D eigenvalue weighted by molar-refractivity contribution is -0.0115. The van der Waals surface area contributed by atoms with Crippen LogP contribution >= 0.6 is 0 Å². The number of benzene rings is 3. The van der Waals surface area contributed by atoms with E-state index in [0.29, 0.717) is 18.7 Å². The molecule has 3 aromatic rings. The molecule has 1 aliphatic rings.